The van der Waals surface area contributed by atoms with Crippen LogP contribution in [0.5, 0.6) is 0 Å². The van der Waals surface area contributed by atoms with Crippen LogP contribution in [-0.2, 0) is 5.41 Å². The highest BCUT2D eigenvalue weighted by atomic mass is 16.4. The van der Waals surface area contributed by atoms with Gasteiger partial charge in [0.1, 0.15) is 22.5 Å². The zero-order valence-electron chi connectivity index (χ0n) is 22.9. The van der Waals surface area contributed by atoms with Crippen LogP contribution in [0.3, 0.4) is 0 Å². The fourth-order valence-electron chi connectivity index (χ4n) is 7.22. The van der Waals surface area contributed by atoms with E-state index in [1.165, 1.54) is 22.3 Å². The molecule has 0 fully saturated rings. The largest absolute Gasteiger partial charge is 0.468 e. The lowest BCUT2D eigenvalue weighted by atomic mass is 9.39. The van der Waals surface area contributed by atoms with Crippen molar-refractivity contribution in [3.05, 3.63) is 132 Å². The van der Waals surface area contributed by atoms with Crippen LogP contribution >= 0.6 is 0 Å². The first kappa shape index (κ1) is 22.8. The number of hydrogen-bond donors (Lipinski definition) is 0. The Bertz CT molecular complexity index is 2070. The molecule has 7 aromatic rings. The number of benzene rings is 5. The Labute approximate surface area is 238 Å². The van der Waals surface area contributed by atoms with E-state index in [2.05, 4.69) is 128 Å². The number of rotatable bonds is 2. The van der Waals surface area contributed by atoms with E-state index in [-0.39, 0.29) is 12.1 Å². The van der Waals surface area contributed by atoms with Gasteiger partial charge in [0.15, 0.2) is 0 Å². The number of fused-ring (bicyclic) bond motifs is 9. The predicted molar refractivity (Wildman–Crippen MR) is 169 cm³/mol. The topological polar surface area (TPSA) is 29.5 Å². The summed E-state index contributed by atoms with van der Waals surface area (Å²) in [5.41, 5.74) is 13.3. The van der Waals surface area contributed by atoms with Crippen LogP contribution in [0.15, 0.2) is 130 Å². The third-order valence-electron chi connectivity index (χ3n) is 9.12. The van der Waals surface area contributed by atoms with Crippen molar-refractivity contribution in [2.45, 2.75) is 19.3 Å². The minimum Gasteiger partial charge on any atom is -0.468 e. The molecule has 2 aliphatic rings. The second-order valence-electron chi connectivity index (χ2n) is 11.7. The summed E-state index contributed by atoms with van der Waals surface area (Å²) in [5, 5.41) is 2.20. The van der Waals surface area contributed by atoms with Crippen molar-refractivity contribution in [2.75, 3.05) is 4.90 Å². The molecule has 4 heteroatoms. The van der Waals surface area contributed by atoms with Gasteiger partial charge in [-0.1, -0.05) is 104 Å². The molecule has 0 atom stereocenters. The fourth-order valence-corrected chi connectivity index (χ4v) is 7.22. The van der Waals surface area contributed by atoms with Gasteiger partial charge in [0.25, 0.3) is 0 Å². The lowest BCUT2D eigenvalue weighted by Gasteiger charge is -2.32. The number of furan rings is 2. The maximum atomic E-state index is 6.74. The van der Waals surface area contributed by atoms with Crippen LogP contribution < -0.4 is 21.7 Å². The van der Waals surface area contributed by atoms with Crippen molar-refractivity contribution < 1.29 is 8.83 Å². The molecule has 194 valence electrons. The molecule has 0 spiro atoms. The molecule has 3 heterocycles. The third-order valence-corrected chi connectivity index (χ3v) is 9.12. The molecule has 0 saturated heterocycles. The van der Waals surface area contributed by atoms with Crippen molar-refractivity contribution in [3.63, 3.8) is 0 Å². The van der Waals surface area contributed by atoms with Crippen LogP contribution in [-0.4, -0.2) is 6.71 Å². The Morgan fingerprint density at radius 3 is 1.80 bits per heavy atom. The summed E-state index contributed by atoms with van der Waals surface area (Å²) in [4.78, 5) is 2.39. The number of para-hydroxylation sites is 2. The van der Waals surface area contributed by atoms with Crippen LogP contribution in [0.1, 0.15) is 25.0 Å². The minimum absolute atomic E-state index is 0.104. The van der Waals surface area contributed by atoms with Gasteiger partial charge in [0.2, 0.25) is 0 Å². The quantitative estimate of drug-likeness (QED) is 0.215. The molecule has 0 amide bonds. The van der Waals surface area contributed by atoms with Crippen molar-refractivity contribution in [1.29, 1.82) is 0 Å². The molecule has 0 unspecified atom stereocenters. The van der Waals surface area contributed by atoms with Gasteiger partial charge in [-0.15, -0.1) is 0 Å². The maximum Gasteiger partial charge on any atom is 0.338 e. The second-order valence-corrected chi connectivity index (χ2v) is 11.7. The summed E-state index contributed by atoms with van der Waals surface area (Å²) in [6.07, 6.45) is 0. The zero-order chi connectivity index (χ0) is 27.3. The molecule has 2 aromatic heterocycles. The highest BCUT2D eigenvalue weighted by Gasteiger charge is 2.45. The van der Waals surface area contributed by atoms with Gasteiger partial charge in [-0.25, -0.2) is 0 Å². The van der Waals surface area contributed by atoms with E-state index in [1.807, 2.05) is 12.1 Å². The van der Waals surface area contributed by atoms with Crippen LogP contribution in [0.2, 0.25) is 0 Å². The van der Waals surface area contributed by atoms with Crippen LogP contribution in [0.25, 0.3) is 33.1 Å². The van der Waals surface area contributed by atoms with E-state index in [4.69, 9.17) is 8.83 Å². The van der Waals surface area contributed by atoms with E-state index in [0.717, 1.165) is 55.8 Å². The number of hydrogen-bond acceptors (Lipinski definition) is 3. The molecule has 3 nitrogen and oxygen atoms in total. The summed E-state index contributed by atoms with van der Waals surface area (Å²) >= 11 is 0. The normalized spacial score (nSPS) is 14.7. The van der Waals surface area contributed by atoms with Gasteiger partial charge in [0, 0.05) is 21.9 Å². The van der Waals surface area contributed by atoms with Crippen LogP contribution in [0.4, 0.5) is 17.1 Å². The van der Waals surface area contributed by atoms with Gasteiger partial charge in [-0.2, -0.15) is 0 Å². The molecule has 0 saturated carbocycles. The van der Waals surface area contributed by atoms with E-state index in [0.29, 0.717) is 0 Å². The monoisotopic (exact) mass is 527 g/mol. The number of anilines is 3. The molecule has 0 radical (unpaired) electrons. The Balaban J connectivity index is 1.38. The maximum absolute atomic E-state index is 6.74. The van der Waals surface area contributed by atoms with Crippen molar-refractivity contribution in [1.82, 2.24) is 0 Å². The molecule has 0 bridgehead atoms. The van der Waals surface area contributed by atoms with Gasteiger partial charge in [0.05, 0.1) is 11.4 Å². The molecular formula is C37H26BNO2. The fraction of sp³-hybridized carbons (Fsp3) is 0.0811. The lowest BCUT2D eigenvalue weighted by Crippen LogP contribution is -2.56. The summed E-state index contributed by atoms with van der Waals surface area (Å²) < 4.78 is 13.5. The number of nitrogens with zero attached hydrogens (tertiary/aromatic N) is 1. The summed E-state index contributed by atoms with van der Waals surface area (Å²) in [6, 6.07) is 43.1. The van der Waals surface area contributed by atoms with Gasteiger partial charge < -0.3 is 13.7 Å². The molecular weight excluding hydrogens is 501 g/mol. The first-order valence-corrected chi connectivity index (χ1v) is 14.2. The molecule has 9 rings (SSSR count). The summed E-state index contributed by atoms with van der Waals surface area (Å²) in [7, 11) is 0. The lowest BCUT2D eigenvalue weighted by molar-refractivity contribution is 0.636. The third kappa shape index (κ3) is 2.99. The Kier molecular flexibility index (Phi) is 4.48. The highest BCUT2D eigenvalue weighted by Crippen LogP contribution is 2.52. The van der Waals surface area contributed by atoms with Crippen molar-refractivity contribution in [3.8, 4) is 11.1 Å². The minimum atomic E-state index is -0.160. The average molecular weight is 527 g/mol. The zero-order valence-corrected chi connectivity index (χ0v) is 22.9. The van der Waals surface area contributed by atoms with E-state index in [9.17, 15) is 0 Å². The Hall–Kier alpha value is -4.96. The Morgan fingerprint density at radius 1 is 0.561 bits per heavy atom. The SMILES string of the molecule is CC1(C)c2ccccc2-c2ccc(N3c4c(oc5ccccc45)B(c4ccccc4)c4oc5ccccc5c43)cc21. The first-order chi connectivity index (χ1) is 20.1. The van der Waals surface area contributed by atoms with Gasteiger partial charge in [-0.3, -0.25) is 0 Å². The first-order valence-electron chi connectivity index (χ1n) is 14.2. The van der Waals surface area contributed by atoms with Crippen molar-refractivity contribution >= 4 is 62.5 Å². The molecule has 0 N–H and O–H groups in total. The van der Waals surface area contributed by atoms with E-state index in [1.54, 1.807) is 0 Å². The van der Waals surface area contributed by atoms with Gasteiger partial charge in [-0.05, 0) is 58.7 Å². The summed E-state index contributed by atoms with van der Waals surface area (Å²) in [6.45, 7) is 4.51. The van der Waals surface area contributed by atoms with E-state index >= 15 is 0 Å². The highest BCUT2D eigenvalue weighted by molar-refractivity contribution is 6.97. The average Bonchev–Trinajstić information content (AvgIpc) is 3.65. The Morgan fingerprint density at radius 2 is 1.12 bits per heavy atom. The van der Waals surface area contributed by atoms with Gasteiger partial charge >= 0.3 is 6.71 Å². The predicted octanol–water partition coefficient (Wildman–Crippen LogP) is 7.78. The molecule has 1 aliphatic heterocycles. The molecule has 1 aliphatic carbocycles. The standard InChI is InChI=1S/C37H26BNO2/c1-37(2)29-17-9-6-14-25(29)26-21-20-24(22-30(26)37)39-33-27-15-7-10-18-31(27)40-35(33)38(23-12-4-3-5-13-23)36-34(39)28-16-8-11-19-32(28)41-36/h3-22H,1-2H3. The smallest absolute Gasteiger partial charge is 0.338 e. The van der Waals surface area contributed by atoms with Crippen molar-refractivity contribution in [2.24, 2.45) is 0 Å². The molecule has 5 aromatic carbocycles. The summed E-state index contributed by atoms with van der Waals surface area (Å²) in [5.74, 6) is 0. The van der Waals surface area contributed by atoms with E-state index < -0.39 is 0 Å². The second kappa shape index (κ2) is 8.05. The van der Waals surface area contributed by atoms with Crippen LogP contribution in [0, 0.1) is 0 Å². The molecule has 41 heavy (non-hydrogen) atoms.